The smallest absolute Gasteiger partial charge is 0.191 e. The van der Waals surface area contributed by atoms with Gasteiger partial charge in [0.2, 0.25) is 0 Å². The van der Waals surface area contributed by atoms with E-state index >= 15 is 0 Å². The van der Waals surface area contributed by atoms with Gasteiger partial charge in [-0.3, -0.25) is 4.99 Å². The molecular weight excluding hydrogens is 334 g/mol. The van der Waals surface area contributed by atoms with Crippen LogP contribution in [0.2, 0.25) is 0 Å². The van der Waals surface area contributed by atoms with Gasteiger partial charge in [0.25, 0.3) is 0 Å². The minimum atomic E-state index is 0.290. The van der Waals surface area contributed by atoms with Crippen molar-refractivity contribution in [2.24, 2.45) is 4.99 Å². The largest absolute Gasteiger partial charge is 0.379 e. The molecule has 6 heteroatoms. The third-order valence-electron chi connectivity index (χ3n) is 3.79. The Morgan fingerprint density at radius 3 is 2.92 bits per heavy atom. The van der Waals surface area contributed by atoms with Crippen LogP contribution in [-0.2, 0) is 9.47 Å². The van der Waals surface area contributed by atoms with Gasteiger partial charge < -0.3 is 20.1 Å². The Kier molecular flexibility index (Phi) is 9.77. The Morgan fingerprint density at radius 1 is 1.36 bits per heavy atom. The number of rotatable bonds is 10. The molecule has 1 aromatic carbocycles. The highest BCUT2D eigenvalue weighted by Crippen LogP contribution is 2.22. The van der Waals surface area contributed by atoms with Crippen molar-refractivity contribution in [3.63, 3.8) is 0 Å². The van der Waals surface area contributed by atoms with E-state index in [2.05, 4.69) is 48.7 Å². The van der Waals surface area contributed by atoms with Crippen molar-refractivity contribution < 1.29 is 9.47 Å². The SMILES string of the molecule is CCNC(=NCC(C)Sc1ccccc1)NCCCOC1CCOC1. The van der Waals surface area contributed by atoms with Crippen LogP contribution < -0.4 is 10.6 Å². The molecule has 0 aromatic heterocycles. The van der Waals surface area contributed by atoms with Crippen LogP contribution in [0.4, 0.5) is 0 Å². The molecule has 1 aromatic rings. The summed E-state index contributed by atoms with van der Waals surface area (Å²) in [4.78, 5) is 5.99. The fourth-order valence-electron chi connectivity index (χ4n) is 2.50. The maximum Gasteiger partial charge on any atom is 0.191 e. The van der Waals surface area contributed by atoms with Gasteiger partial charge in [0.05, 0.1) is 19.3 Å². The van der Waals surface area contributed by atoms with E-state index in [4.69, 9.17) is 14.5 Å². The predicted molar refractivity (Wildman–Crippen MR) is 106 cm³/mol. The van der Waals surface area contributed by atoms with E-state index in [0.717, 1.165) is 58.3 Å². The summed E-state index contributed by atoms with van der Waals surface area (Å²) in [7, 11) is 0. The topological polar surface area (TPSA) is 54.9 Å². The summed E-state index contributed by atoms with van der Waals surface area (Å²) in [5.41, 5.74) is 0. The van der Waals surface area contributed by atoms with Crippen molar-refractivity contribution in [1.29, 1.82) is 0 Å². The first kappa shape index (κ1) is 20.1. The van der Waals surface area contributed by atoms with Crippen molar-refractivity contribution in [2.75, 3.05) is 39.5 Å². The molecule has 1 heterocycles. The standard InChI is InChI=1S/C19H31N3O2S/c1-3-20-19(21-11-7-12-24-17-10-13-23-15-17)22-14-16(2)25-18-8-5-4-6-9-18/h4-6,8-9,16-17H,3,7,10-15H2,1-2H3,(H2,20,21,22). The molecule has 0 radical (unpaired) electrons. The normalized spacial score (nSPS) is 19.0. The summed E-state index contributed by atoms with van der Waals surface area (Å²) < 4.78 is 11.1. The molecular formula is C19H31N3O2S. The van der Waals surface area contributed by atoms with Crippen LogP contribution in [0, 0.1) is 0 Å². The van der Waals surface area contributed by atoms with Gasteiger partial charge >= 0.3 is 0 Å². The second kappa shape index (κ2) is 12.2. The van der Waals surface area contributed by atoms with Crippen molar-refractivity contribution in [3.8, 4) is 0 Å². The van der Waals surface area contributed by atoms with Crippen LogP contribution in [0.1, 0.15) is 26.7 Å². The number of guanidine groups is 1. The third-order valence-corrected chi connectivity index (χ3v) is 4.88. The summed E-state index contributed by atoms with van der Waals surface area (Å²) >= 11 is 1.86. The van der Waals surface area contributed by atoms with Gasteiger partial charge in [0.1, 0.15) is 0 Å². The van der Waals surface area contributed by atoms with Crippen molar-refractivity contribution >= 4 is 17.7 Å². The molecule has 2 atom stereocenters. The van der Waals surface area contributed by atoms with Crippen LogP contribution in [-0.4, -0.2) is 56.8 Å². The first-order chi connectivity index (χ1) is 12.3. The molecule has 0 saturated carbocycles. The number of nitrogens with one attached hydrogen (secondary N) is 2. The van der Waals surface area contributed by atoms with E-state index < -0.39 is 0 Å². The molecule has 2 N–H and O–H groups in total. The van der Waals surface area contributed by atoms with E-state index in [-0.39, 0.29) is 6.10 Å². The second-order valence-corrected chi connectivity index (χ2v) is 7.61. The lowest BCUT2D eigenvalue weighted by Gasteiger charge is -2.14. The average molecular weight is 366 g/mol. The van der Waals surface area contributed by atoms with Gasteiger partial charge in [0.15, 0.2) is 5.96 Å². The Hall–Kier alpha value is -1.24. The van der Waals surface area contributed by atoms with E-state index in [1.165, 1.54) is 4.90 Å². The van der Waals surface area contributed by atoms with Crippen LogP contribution in [0.25, 0.3) is 0 Å². The minimum Gasteiger partial charge on any atom is -0.379 e. The molecule has 0 aliphatic carbocycles. The monoisotopic (exact) mass is 365 g/mol. The summed E-state index contributed by atoms with van der Waals surface area (Å²) in [6.45, 7) is 9.14. The molecule has 0 amide bonds. The van der Waals surface area contributed by atoms with Crippen molar-refractivity contribution in [3.05, 3.63) is 30.3 Å². The summed E-state index contributed by atoms with van der Waals surface area (Å²) in [5.74, 6) is 0.882. The molecule has 140 valence electrons. The highest BCUT2D eigenvalue weighted by molar-refractivity contribution is 8.00. The average Bonchev–Trinajstić information content (AvgIpc) is 3.13. The molecule has 1 fully saturated rings. The van der Waals surface area contributed by atoms with Crippen molar-refractivity contribution in [2.45, 2.75) is 42.9 Å². The summed E-state index contributed by atoms with van der Waals surface area (Å²) in [6.07, 6.45) is 2.28. The van der Waals surface area contributed by atoms with Crippen LogP contribution >= 0.6 is 11.8 Å². The molecule has 5 nitrogen and oxygen atoms in total. The van der Waals surface area contributed by atoms with E-state index in [1.807, 2.05) is 17.8 Å². The van der Waals surface area contributed by atoms with Gasteiger partial charge in [-0.1, -0.05) is 25.1 Å². The van der Waals surface area contributed by atoms with Gasteiger partial charge in [0, 0.05) is 36.4 Å². The van der Waals surface area contributed by atoms with E-state index in [1.54, 1.807) is 0 Å². The summed E-state index contributed by atoms with van der Waals surface area (Å²) in [5, 5.41) is 7.12. The zero-order valence-corrected chi connectivity index (χ0v) is 16.2. The molecule has 2 unspecified atom stereocenters. The Morgan fingerprint density at radius 2 is 2.20 bits per heavy atom. The number of ether oxygens (including phenoxy) is 2. The highest BCUT2D eigenvalue weighted by Gasteiger charge is 2.15. The highest BCUT2D eigenvalue weighted by atomic mass is 32.2. The Balaban J connectivity index is 1.64. The minimum absolute atomic E-state index is 0.290. The first-order valence-corrected chi connectivity index (χ1v) is 10.1. The maximum absolute atomic E-state index is 5.78. The second-order valence-electron chi connectivity index (χ2n) is 6.10. The summed E-state index contributed by atoms with van der Waals surface area (Å²) in [6, 6.07) is 10.5. The third kappa shape index (κ3) is 8.61. The first-order valence-electron chi connectivity index (χ1n) is 9.21. The van der Waals surface area contributed by atoms with E-state index in [9.17, 15) is 0 Å². The number of benzene rings is 1. The lowest BCUT2D eigenvalue weighted by atomic mass is 10.3. The zero-order chi connectivity index (χ0) is 17.7. The van der Waals surface area contributed by atoms with Gasteiger partial charge in [-0.2, -0.15) is 0 Å². The Bertz CT molecular complexity index is 493. The lowest BCUT2D eigenvalue weighted by molar-refractivity contribution is 0.0420. The van der Waals surface area contributed by atoms with Gasteiger partial charge in [-0.25, -0.2) is 0 Å². The van der Waals surface area contributed by atoms with E-state index in [0.29, 0.717) is 5.25 Å². The van der Waals surface area contributed by atoms with Crippen molar-refractivity contribution in [1.82, 2.24) is 10.6 Å². The quantitative estimate of drug-likeness (QED) is 0.289. The van der Waals surface area contributed by atoms with Gasteiger partial charge in [-0.15, -0.1) is 11.8 Å². The molecule has 25 heavy (non-hydrogen) atoms. The van der Waals surface area contributed by atoms with Crippen LogP contribution in [0.3, 0.4) is 0 Å². The number of hydrogen-bond donors (Lipinski definition) is 2. The van der Waals surface area contributed by atoms with Crippen LogP contribution in [0.5, 0.6) is 0 Å². The molecule has 1 saturated heterocycles. The molecule has 0 spiro atoms. The molecule has 2 rings (SSSR count). The fraction of sp³-hybridized carbons (Fsp3) is 0.632. The molecule has 1 aliphatic rings. The number of hydrogen-bond acceptors (Lipinski definition) is 4. The van der Waals surface area contributed by atoms with Crippen LogP contribution in [0.15, 0.2) is 40.2 Å². The number of aliphatic imine (C=N–C) groups is 1. The Labute approximate surface area is 156 Å². The van der Waals surface area contributed by atoms with Gasteiger partial charge in [-0.05, 0) is 31.9 Å². The lowest BCUT2D eigenvalue weighted by Crippen LogP contribution is -2.38. The predicted octanol–water partition coefficient (Wildman–Crippen LogP) is 2.92. The molecule has 1 aliphatic heterocycles. The number of thioether (sulfide) groups is 1. The maximum atomic E-state index is 5.78. The number of nitrogens with zero attached hydrogens (tertiary/aromatic N) is 1. The molecule has 0 bridgehead atoms. The zero-order valence-electron chi connectivity index (χ0n) is 15.4. The fourth-order valence-corrected chi connectivity index (χ4v) is 3.43.